The molecule has 114 valence electrons. The minimum atomic E-state index is 0.0745. The molecule has 1 saturated heterocycles. The van der Waals surface area contributed by atoms with Crippen LogP contribution in [0.4, 0.5) is 5.69 Å². The molecule has 0 spiro atoms. The van der Waals surface area contributed by atoms with E-state index < -0.39 is 0 Å². The largest absolute Gasteiger partial charge is 0.375 e. The van der Waals surface area contributed by atoms with Crippen LogP contribution in [0.5, 0.6) is 0 Å². The Morgan fingerprint density at radius 3 is 2.81 bits per heavy atom. The minimum Gasteiger partial charge on any atom is -0.375 e. The van der Waals surface area contributed by atoms with Crippen molar-refractivity contribution in [3.63, 3.8) is 0 Å². The van der Waals surface area contributed by atoms with Crippen molar-refractivity contribution in [1.82, 2.24) is 5.32 Å². The highest BCUT2D eigenvalue weighted by atomic mass is 16.5. The highest BCUT2D eigenvalue weighted by molar-refractivity contribution is 5.60. The molecule has 0 aliphatic carbocycles. The van der Waals surface area contributed by atoms with Crippen LogP contribution in [0.25, 0.3) is 0 Å². The van der Waals surface area contributed by atoms with E-state index >= 15 is 0 Å². The van der Waals surface area contributed by atoms with Gasteiger partial charge in [-0.2, -0.15) is 5.26 Å². The van der Waals surface area contributed by atoms with Gasteiger partial charge < -0.3 is 15.0 Å². The second-order valence-corrected chi connectivity index (χ2v) is 6.69. The Morgan fingerprint density at radius 1 is 1.43 bits per heavy atom. The van der Waals surface area contributed by atoms with E-state index in [1.54, 1.807) is 0 Å². The van der Waals surface area contributed by atoms with E-state index in [2.05, 4.69) is 56.1 Å². The third kappa shape index (κ3) is 4.45. The van der Waals surface area contributed by atoms with Crippen LogP contribution in [0.15, 0.2) is 18.2 Å². The Morgan fingerprint density at radius 2 is 2.19 bits per heavy atom. The molecule has 1 aliphatic rings. The molecule has 0 aromatic heterocycles. The Hall–Kier alpha value is -1.57. The zero-order valence-electron chi connectivity index (χ0n) is 13.4. The lowest BCUT2D eigenvalue weighted by Gasteiger charge is -2.33. The van der Waals surface area contributed by atoms with Crippen LogP contribution >= 0.6 is 0 Å². The third-order valence-electron chi connectivity index (χ3n) is 3.59. The van der Waals surface area contributed by atoms with E-state index in [1.165, 1.54) is 0 Å². The number of anilines is 1. The molecule has 1 heterocycles. The van der Waals surface area contributed by atoms with Crippen molar-refractivity contribution in [1.29, 1.82) is 5.26 Å². The van der Waals surface area contributed by atoms with Gasteiger partial charge in [-0.05, 0) is 45.4 Å². The number of hydrogen-bond acceptors (Lipinski definition) is 4. The highest BCUT2D eigenvalue weighted by Crippen LogP contribution is 2.24. The van der Waals surface area contributed by atoms with E-state index in [-0.39, 0.29) is 11.6 Å². The fourth-order valence-electron chi connectivity index (χ4n) is 2.46. The first-order valence-corrected chi connectivity index (χ1v) is 7.53. The minimum absolute atomic E-state index is 0.0745. The second kappa shape index (κ2) is 6.46. The van der Waals surface area contributed by atoms with Crippen molar-refractivity contribution in [3.05, 3.63) is 29.3 Å². The highest BCUT2D eigenvalue weighted by Gasteiger charge is 2.19. The van der Waals surface area contributed by atoms with E-state index in [1.807, 2.05) is 6.07 Å². The molecule has 4 nitrogen and oxygen atoms in total. The van der Waals surface area contributed by atoms with Crippen LogP contribution in [0.3, 0.4) is 0 Å². The predicted molar refractivity (Wildman–Crippen MR) is 85.4 cm³/mol. The van der Waals surface area contributed by atoms with Gasteiger partial charge in [0.05, 0.1) is 24.0 Å². The molecule has 1 N–H and O–H groups in total. The zero-order chi connectivity index (χ0) is 15.5. The summed E-state index contributed by atoms with van der Waals surface area (Å²) in [6, 6.07) is 8.50. The first-order chi connectivity index (χ1) is 9.89. The maximum absolute atomic E-state index is 9.44. The molecule has 1 atom stereocenters. The monoisotopic (exact) mass is 287 g/mol. The summed E-state index contributed by atoms with van der Waals surface area (Å²) in [5.74, 6) is 0. The summed E-state index contributed by atoms with van der Waals surface area (Å²) in [5, 5.41) is 12.9. The summed E-state index contributed by atoms with van der Waals surface area (Å²) < 4.78 is 5.57. The maximum Gasteiger partial charge on any atom is 0.101 e. The van der Waals surface area contributed by atoms with Crippen LogP contribution in [0.2, 0.25) is 0 Å². The predicted octanol–water partition coefficient (Wildman–Crippen LogP) is 2.67. The number of nitriles is 1. The van der Waals surface area contributed by atoms with Gasteiger partial charge in [-0.3, -0.25) is 0 Å². The molecule has 0 bridgehead atoms. The smallest absolute Gasteiger partial charge is 0.101 e. The molecule has 0 saturated carbocycles. The van der Waals surface area contributed by atoms with E-state index in [4.69, 9.17) is 4.74 Å². The molecule has 4 heteroatoms. The lowest BCUT2D eigenvalue weighted by molar-refractivity contribution is 0.0532. The van der Waals surface area contributed by atoms with Crippen LogP contribution < -0.4 is 10.2 Å². The zero-order valence-corrected chi connectivity index (χ0v) is 13.4. The van der Waals surface area contributed by atoms with Crippen molar-refractivity contribution in [3.8, 4) is 6.07 Å². The lowest BCUT2D eigenvalue weighted by Crippen LogP contribution is -2.41. The standard InChI is InChI=1S/C17H25N3O/c1-13-12-20(7-8-21-13)16-6-5-14(9-15(16)10-18)11-19-17(2,3)4/h5-6,9,13,19H,7-8,11-12H2,1-4H3. The fourth-order valence-corrected chi connectivity index (χ4v) is 2.46. The molecule has 1 unspecified atom stereocenters. The van der Waals surface area contributed by atoms with Crippen LogP contribution in [0.1, 0.15) is 38.8 Å². The number of nitrogens with zero attached hydrogens (tertiary/aromatic N) is 2. The molecular weight excluding hydrogens is 262 g/mol. The average molecular weight is 287 g/mol. The van der Waals surface area contributed by atoms with Crippen molar-refractivity contribution in [2.24, 2.45) is 0 Å². The maximum atomic E-state index is 9.44. The summed E-state index contributed by atoms with van der Waals surface area (Å²) in [4.78, 5) is 2.24. The number of morpholine rings is 1. The molecule has 21 heavy (non-hydrogen) atoms. The van der Waals surface area contributed by atoms with Gasteiger partial charge in [-0.1, -0.05) is 6.07 Å². The van der Waals surface area contributed by atoms with Gasteiger partial charge in [0, 0.05) is 25.2 Å². The molecule has 0 radical (unpaired) electrons. The summed E-state index contributed by atoms with van der Waals surface area (Å²) in [6.45, 7) is 11.7. The Bertz CT molecular complexity index is 528. The Balaban J connectivity index is 2.15. The summed E-state index contributed by atoms with van der Waals surface area (Å²) in [7, 11) is 0. The Kier molecular flexibility index (Phi) is 4.87. The first kappa shape index (κ1) is 15.8. The lowest BCUT2D eigenvalue weighted by atomic mass is 10.1. The van der Waals surface area contributed by atoms with Gasteiger partial charge in [0.25, 0.3) is 0 Å². The van der Waals surface area contributed by atoms with Gasteiger partial charge in [0.2, 0.25) is 0 Å². The molecule has 1 fully saturated rings. The van der Waals surface area contributed by atoms with Gasteiger partial charge >= 0.3 is 0 Å². The van der Waals surface area contributed by atoms with E-state index in [9.17, 15) is 5.26 Å². The number of ether oxygens (including phenoxy) is 1. The summed E-state index contributed by atoms with van der Waals surface area (Å²) in [6.07, 6.45) is 0.215. The normalized spacial score (nSPS) is 19.4. The SMILES string of the molecule is CC1CN(c2ccc(CNC(C)(C)C)cc2C#N)CCO1. The van der Waals surface area contributed by atoms with Gasteiger partial charge in [0.15, 0.2) is 0 Å². The number of hydrogen-bond donors (Lipinski definition) is 1. The number of benzene rings is 1. The van der Waals surface area contributed by atoms with Gasteiger partial charge in [0.1, 0.15) is 6.07 Å². The third-order valence-corrected chi connectivity index (χ3v) is 3.59. The van der Waals surface area contributed by atoms with Crippen LogP contribution in [-0.2, 0) is 11.3 Å². The molecular formula is C17H25N3O. The van der Waals surface area contributed by atoms with Crippen molar-refractivity contribution >= 4 is 5.69 Å². The topological polar surface area (TPSA) is 48.3 Å². The van der Waals surface area contributed by atoms with Crippen LogP contribution in [-0.4, -0.2) is 31.3 Å². The van der Waals surface area contributed by atoms with Gasteiger partial charge in [-0.25, -0.2) is 0 Å². The first-order valence-electron chi connectivity index (χ1n) is 7.53. The second-order valence-electron chi connectivity index (χ2n) is 6.69. The molecule has 1 aliphatic heterocycles. The Labute approximate surface area is 127 Å². The average Bonchev–Trinajstić information content (AvgIpc) is 2.44. The molecule has 1 aromatic carbocycles. The molecule has 2 rings (SSSR count). The van der Waals surface area contributed by atoms with E-state index in [0.29, 0.717) is 0 Å². The fraction of sp³-hybridized carbons (Fsp3) is 0.588. The van der Waals surface area contributed by atoms with Crippen LogP contribution in [0, 0.1) is 11.3 Å². The number of rotatable bonds is 3. The number of nitrogens with one attached hydrogen (secondary N) is 1. The summed E-state index contributed by atoms with van der Waals surface area (Å²) >= 11 is 0. The van der Waals surface area contributed by atoms with Gasteiger partial charge in [-0.15, -0.1) is 0 Å². The summed E-state index contributed by atoms with van der Waals surface area (Å²) in [5.41, 5.74) is 2.99. The van der Waals surface area contributed by atoms with Crippen molar-refractivity contribution in [2.45, 2.75) is 45.9 Å². The van der Waals surface area contributed by atoms with Crippen molar-refractivity contribution in [2.75, 3.05) is 24.6 Å². The molecule has 0 amide bonds. The quantitative estimate of drug-likeness (QED) is 0.928. The van der Waals surface area contributed by atoms with Crippen molar-refractivity contribution < 1.29 is 4.74 Å². The van der Waals surface area contributed by atoms with E-state index in [0.717, 1.165) is 43.1 Å². The molecule has 1 aromatic rings.